The smallest absolute Gasteiger partial charge is 0.252 e. The van der Waals surface area contributed by atoms with Crippen LogP contribution >= 0.6 is 0 Å². The molecule has 9 N–H and O–H groups in total. The van der Waals surface area contributed by atoms with Gasteiger partial charge in [-0.05, 0) is 50.3 Å². The van der Waals surface area contributed by atoms with Crippen molar-refractivity contribution in [3.05, 3.63) is 29.3 Å². The molecular weight excluding hydrogens is 468 g/mol. The van der Waals surface area contributed by atoms with Crippen LogP contribution in [0.4, 0.5) is 5.69 Å². The van der Waals surface area contributed by atoms with Gasteiger partial charge in [0.2, 0.25) is 23.6 Å². The summed E-state index contributed by atoms with van der Waals surface area (Å²) in [5.41, 5.74) is 17.1. The van der Waals surface area contributed by atoms with Gasteiger partial charge in [0.05, 0.1) is 6.54 Å². The number of guanidine groups is 1. The summed E-state index contributed by atoms with van der Waals surface area (Å²) in [5.74, 6) is -2.35. The van der Waals surface area contributed by atoms with Crippen molar-refractivity contribution in [2.45, 2.75) is 51.6 Å². The molecule has 1 fully saturated rings. The first-order chi connectivity index (χ1) is 17.0. The number of benzene rings is 1. The predicted octanol–water partition coefficient (Wildman–Crippen LogP) is -1.30. The van der Waals surface area contributed by atoms with E-state index in [0.29, 0.717) is 37.1 Å². The summed E-state index contributed by atoms with van der Waals surface area (Å²) in [6.07, 6.45) is 1.82. The van der Waals surface area contributed by atoms with E-state index in [4.69, 9.17) is 17.2 Å². The minimum atomic E-state index is -0.925. The van der Waals surface area contributed by atoms with E-state index < -0.39 is 23.9 Å². The van der Waals surface area contributed by atoms with Crippen molar-refractivity contribution in [2.75, 3.05) is 25.0 Å². The molecule has 2 atom stereocenters. The molecule has 13 nitrogen and oxygen atoms in total. The Morgan fingerprint density at radius 2 is 1.89 bits per heavy atom. The van der Waals surface area contributed by atoms with E-state index in [2.05, 4.69) is 20.9 Å². The largest absolute Gasteiger partial charge is 0.370 e. The molecule has 1 aliphatic rings. The van der Waals surface area contributed by atoms with Gasteiger partial charge in [0, 0.05) is 31.3 Å². The molecule has 0 bridgehead atoms. The summed E-state index contributed by atoms with van der Waals surface area (Å²) in [6, 6.07) is 3.20. The van der Waals surface area contributed by atoms with Crippen LogP contribution in [0.3, 0.4) is 0 Å². The maximum Gasteiger partial charge on any atom is 0.252 e. The first-order valence-electron chi connectivity index (χ1n) is 11.6. The summed E-state index contributed by atoms with van der Waals surface area (Å²) < 4.78 is 0. The Morgan fingerprint density at radius 3 is 2.53 bits per heavy atom. The molecule has 1 aromatic carbocycles. The van der Waals surface area contributed by atoms with Crippen LogP contribution in [0.1, 0.15) is 48.5 Å². The van der Waals surface area contributed by atoms with Gasteiger partial charge in [0.15, 0.2) is 5.96 Å². The van der Waals surface area contributed by atoms with Crippen molar-refractivity contribution >= 4 is 41.2 Å². The Morgan fingerprint density at radius 1 is 1.17 bits per heavy atom. The Hall–Kier alpha value is -4.16. The molecule has 1 aromatic rings. The van der Waals surface area contributed by atoms with Gasteiger partial charge in [-0.2, -0.15) is 0 Å². The van der Waals surface area contributed by atoms with Crippen LogP contribution in [-0.4, -0.2) is 72.1 Å². The number of nitrogens with two attached hydrogens (primary N) is 3. The molecule has 2 rings (SSSR count). The number of primary amides is 1. The molecule has 1 aliphatic heterocycles. The zero-order chi connectivity index (χ0) is 26.8. The number of aliphatic imine (C=N–C) groups is 1. The minimum Gasteiger partial charge on any atom is -0.370 e. The monoisotopic (exact) mass is 502 g/mol. The number of hydrogen-bond donors (Lipinski definition) is 6. The lowest BCUT2D eigenvalue weighted by atomic mass is 10.0. The highest BCUT2D eigenvalue weighted by Gasteiger charge is 2.34. The summed E-state index contributed by atoms with van der Waals surface area (Å²) in [6.45, 7) is 3.49. The number of nitrogens with one attached hydrogen (secondary N) is 3. The Labute approximate surface area is 209 Å². The Kier molecular flexibility index (Phi) is 10.2. The van der Waals surface area contributed by atoms with Crippen LogP contribution in [0.25, 0.3) is 0 Å². The molecule has 5 amide bonds. The maximum absolute atomic E-state index is 13.0. The van der Waals surface area contributed by atoms with Crippen molar-refractivity contribution in [3.63, 3.8) is 0 Å². The topological polar surface area (TPSA) is 215 Å². The number of likely N-dealkylation sites (tertiary alicyclic amines) is 1. The fourth-order valence-electron chi connectivity index (χ4n) is 3.90. The molecule has 36 heavy (non-hydrogen) atoms. The molecule has 0 radical (unpaired) electrons. The van der Waals surface area contributed by atoms with Gasteiger partial charge in [0.25, 0.3) is 5.91 Å². The second-order valence-corrected chi connectivity index (χ2v) is 8.50. The highest BCUT2D eigenvalue weighted by Crippen LogP contribution is 2.23. The number of hydrogen-bond acceptors (Lipinski definition) is 6. The summed E-state index contributed by atoms with van der Waals surface area (Å²) in [4.78, 5) is 66.5. The molecule has 1 heterocycles. The van der Waals surface area contributed by atoms with Gasteiger partial charge in [-0.25, -0.2) is 0 Å². The highest BCUT2D eigenvalue weighted by molar-refractivity contribution is 6.02. The van der Waals surface area contributed by atoms with E-state index in [9.17, 15) is 24.0 Å². The van der Waals surface area contributed by atoms with E-state index >= 15 is 0 Å². The van der Waals surface area contributed by atoms with Crippen LogP contribution in [0.2, 0.25) is 0 Å². The van der Waals surface area contributed by atoms with E-state index in [1.165, 1.54) is 11.8 Å². The number of amides is 5. The molecule has 1 unspecified atom stereocenters. The Bertz CT molecular complexity index is 1040. The van der Waals surface area contributed by atoms with Gasteiger partial charge in [0.1, 0.15) is 12.1 Å². The normalized spacial score (nSPS) is 15.5. The third-order valence-electron chi connectivity index (χ3n) is 5.79. The number of carbonyl (C=O) groups is 5. The van der Waals surface area contributed by atoms with Crippen molar-refractivity contribution in [3.8, 4) is 0 Å². The lowest BCUT2D eigenvalue weighted by molar-refractivity contribution is -0.136. The number of nitrogens with zero attached hydrogens (tertiary/aromatic N) is 2. The number of rotatable bonds is 11. The van der Waals surface area contributed by atoms with Crippen LogP contribution < -0.4 is 33.2 Å². The van der Waals surface area contributed by atoms with E-state index in [1.807, 2.05) is 0 Å². The summed E-state index contributed by atoms with van der Waals surface area (Å²) in [7, 11) is 0. The van der Waals surface area contributed by atoms with Gasteiger partial charge in [-0.15, -0.1) is 0 Å². The average molecular weight is 503 g/mol. The molecular formula is C23H34N8O5. The zero-order valence-electron chi connectivity index (χ0n) is 20.5. The van der Waals surface area contributed by atoms with Crippen LogP contribution in [-0.2, 0) is 19.2 Å². The molecule has 196 valence electrons. The fraction of sp³-hybridized carbons (Fsp3) is 0.478. The van der Waals surface area contributed by atoms with Crippen LogP contribution in [0.15, 0.2) is 23.2 Å². The van der Waals surface area contributed by atoms with Crippen LogP contribution in [0, 0.1) is 6.92 Å². The molecule has 13 heteroatoms. The van der Waals surface area contributed by atoms with Crippen molar-refractivity contribution in [1.82, 2.24) is 15.5 Å². The molecule has 0 aliphatic carbocycles. The summed E-state index contributed by atoms with van der Waals surface area (Å²) in [5, 5.41) is 7.86. The van der Waals surface area contributed by atoms with E-state index in [-0.39, 0.29) is 48.8 Å². The van der Waals surface area contributed by atoms with Gasteiger partial charge >= 0.3 is 0 Å². The minimum absolute atomic E-state index is 0.0676. The van der Waals surface area contributed by atoms with Crippen molar-refractivity contribution in [2.24, 2.45) is 22.2 Å². The maximum atomic E-state index is 13.0. The summed E-state index contributed by atoms with van der Waals surface area (Å²) >= 11 is 0. The first-order valence-corrected chi connectivity index (χ1v) is 11.6. The second kappa shape index (κ2) is 13.1. The lowest BCUT2D eigenvalue weighted by Crippen LogP contribution is -2.47. The van der Waals surface area contributed by atoms with Gasteiger partial charge < -0.3 is 38.1 Å². The molecule has 0 spiro atoms. The highest BCUT2D eigenvalue weighted by atomic mass is 16.2. The third kappa shape index (κ3) is 7.96. The number of anilines is 1. The van der Waals surface area contributed by atoms with Gasteiger partial charge in [-0.1, -0.05) is 6.07 Å². The van der Waals surface area contributed by atoms with E-state index in [1.54, 1.807) is 25.1 Å². The second-order valence-electron chi connectivity index (χ2n) is 8.50. The average Bonchev–Trinajstić information content (AvgIpc) is 3.30. The Balaban J connectivity index is 2.07. The molecule has 1 saturated heterocycles. The third-order valence-corrected chi connectivity index (χ3v) is 5.79. The predicted molar refractivity (Wildman–Crippen MR) is 134 cm³/mol. The number of carbonyl (C=O) groups excluding carboxylic acids is 5. The fourth-order valence-corrected chi connectivity index (χ4v) is 3.90. The molecule has 0 saturated carbocycles. The van der Waals surface area contributed by atoms with Crippen molar-refractivity contribution < 1.29 is 24.0 Å². The van der Waals surface area contributed by atoms with Gasteiger partial charge in [-0.3, -0.25) is 29.0 Å². The SMILES string of the molecule is CC(=O)NCC(=O)N1CCCC1C(=O)Nc1cccc(C(=O)N[C@@H](CCCN=C(N)N)C(N)=O)c1C. The van der Waals surface area contributed by atoms with Crippen molar-refractivity contribution in [1.29, 1.82) is 0 Å². The van der Waals surface area contributed by atoms with Crippen LogP contribution in [0.5, 0.6) is 0 Å². The lowest BCUT2D eigenvalue weighted by Gasteiger charge is -2.24. The standard InChI is InChI=1S/C23H34N8O5/c1-13-15(21(35)30-17(20(24)34)8-4-10-27-23(25)26)6-3-7-16(13)29-22(36)18-9-5-11-31(18)19(33)12-28-14(2)32/h3,6-7,17-18H,4-5,8-12H2,1-2H3,(H2,24,34)(H,28,32)(H,29,36)(H,30,35)(H4,25,26,27)/t17-,18?/m0/s1. The van der Waals surface area contributed by atoms with E-state index in [0.717, 1.165) is 0 Å². The molecule has 0 aromatic heterocycles. The first kappa shape index (κ1) is 28.1. The quantitative estimate of drug-likeness (QED) is 0.122. The zero-order valence-corrected chi connectivity index (χ0v) is 20.5.